The van der Waals surface area contributed by atoms with E-state index in [2.05, 4.69) is 56.5 Å². The van der Waals surface area contributed by atoms with Crippen LogP contribution in [0.15, 0.2) is 54.7 Å². The Hall–Kier alpha value is -2.70. The van der Waals surface area contributed by atoms with Crippen LogP contribution in [0.3, 0.4) is 0 Å². The molecule has 1 aromatic heterocycles. The molecule has 0 spiro atoms. The summed E-state index contributed by atoms with van der Waals surface area (Å²) in [6, 6.07) is 14.2. The molecule has 1 amide bonds. The quantitative estimate of drug-likeness (QED) is 0.712. The zero-order valence-electron chi connectivity index (χ0n) is 16.4. The van der Waals surface area contributed by atoms with Gasteiger partial charge >= 0.3 is 0 Å². The normalized spacial score (nSPS) is 15.1. The number of ether oxygens (including phenoxy) is 1. The highest BCUT2D eigenvalue weighted by atomic mass is 16.5. The Morgan fingerprint density at radius 3 is 2.71 bits per heavy atom. The number of anilines is 1. The molecule has 0 unspecified atom stereocenters. The van der Waals surface area contributed by atoms with Crippen LogP contribution in [0.25, 0.3) is 6.08 Å². The molecule has 0 atom stereocenters. The fourth-order valence-corrected chi connectivity index (χ4v) is 3.19. The van der Waals surface area contributed by atoms with Crippen LogP contribution in [0.4, 0.5) is 5.69 Å². The van der Waals surface area contributed by atoms with Gasteiger partial charge < -0.3 is 15.0 Å². The molecule has 148 valence electrons. The van der Waals surface area contributed by atoms with Gasteiger partial charge in [-0.3, -0.25) is 14.7 Å². The van der Waals surface area contributed by atoms with Crippen molar-refractivity contribution >= 4 is 17.7 Å². The third-order valence-corrected chi connectivity index (χ3v) is 4.78. The van der Waals surface area contributed by atoms with Gasteiger partial charge in [-0.05, 0) is 17.7 Å². The second kappa shape index (κ2) is 10.6. The Labute approximate surface area is 166 Å². The minimum Gasteiger partial charge on any atom is -0.383 e. The molecule has 1 fully saturated rings. The van der Waals surface area contributed by atoms with Crippen molar-refractivity contribution in [2.75, 3.05) is 57.9 Å². The number of nitrogens with zero attached hydrogens (tertiary/aromatic N) is 3. The van der Waals surface area contributed by atoms with E-state index >= 15 is 0 Å². The molecule has 28 heavy (non-hydrogen) atoms. The Balaban J connectivity index is 1.48. The standard InChI is InChI=1S/C22H28N4O2/c1-28-17-11-24-22(27)21-18-20(9-10-23-21)26-15-13-25(14-16-26)12-5-8-19-6-3-2-4-7-19/h2-10,18H,11-17H2,1H3,(H,24,27)/b8-5+. The minimum atomic E-state index is -0.163. The molecular weight excluding hydrogens is 352 g/mol. The predicted molar refractivity (Wildman–Crippen MR) is 113 cm³/mol. The molecule has 0 saturated carbocycles. The van der Waals surface area contributed by atoms with Crippen LogP contribution in [0.1, 0.15) is 16.1 Å². The molecular formula is C22H28N4O2. The fraction of sp³-hybridized carbons (Fsp3) is 0.364. The lowest BCUT2D eigenvalue weighted by Gasteiger charge is -2.35. The summed E-state index contributed by atoms with van der Waals surface area (Å²) in [6.07, 6.45) is 6.10. The van der Waals surface area contributed by atoms with Crippen LogP contribution >= 0.6 is 0 Å². The zero-order valence-corrected chi connectivity index (χ0v) is 16.4. The number of rotatable bonds is 8. The number of hydrogen-bond acceptors (Lipinski definition) is 5. The van der Waals surface area contributed by atoms with E-state index in [-0.39, 0.29) is 5.91 Å². The third-order valence-electron chi connectivity index (χ3n) is 4.78. The Morgan fingerprint density at radius 1 is 1.18 bits per heavy atom. The van der Waals surface area contributed by atoms with Crippen molar-refractivity contribution < 1.29 is 9.53 Å². The lowest BCUT2D eigenvalue weighted by molar-refractivity contribution is 0.0932. The number of methoxy groups -OCH3 is 1. The smallest absolute Gasteiger partial charge is 0.270 e. The topological polar surface area (TPSA) is 57.7 Å². The number of carbonyl (C=O) groups is 1. The molecule has 1 saturated heterocycles. The van der Waals surface area contributed by atoms with Gasteiger partial charge in [-0.1, -0.05) is 42.5 Å². The third kappa shape index (κ3) is 5.90. The average molecular weight is 380 g/mol. The van der Waals surface area contributed by atoms with Crippen LogP contribution in [-0.2, 0) is 4.74 Å². The molecule has 6 heteroatoms. The SMILES string of the molecule is COCCNC(=O)c1cc(N2CCN(C/C=C/c3ccccc3)CC2)ccn1. The number of nitrogens with one attached hydrogen (secondary N) is 1. The maximum absolute atomic E-state index is 12.2. The van der Waals surface area contributed by atoms with Crippen LogP contribution in [0.5, 0.6) is 0 Å². The second-order valence-corrected chi connectivity index (χ2v) is 6.75. The van der Waals surface area contributed by atoms with E-state index in [0.717, 1.165) is 38.4 Å². The van der Waals surface area contributed by atoms with E-state index in [1.54, 1.807) is 13.3 Å². The number of piperazine rings is 1. The van der Waals surface area contributed by atoms with Gasteiger partial charge in [0.15, 0.2) is 0 Å². The van der Waals surface area contributed by atoms with E-state index in [4.69, 9.17) is 4.74 Å². The fourth-order valence-electron chi connectivity index (χ4n) is 3.19. The van der Waals surface area contributed by atoms with E-state index in [0.29, 0.717) is 18.8 Å². The Bertz CT molecular complexity index is 771. The molecule has 1 aliphatic rings. The highest BCUT2D eigenvalue weighted by Crippen LogP contribution is 2.17. The van der Waals surface area contributed by atoms with Crippen molar-refractivity contribution in [3.8, 4) is 0 Å². The summed E-state index contributed by atoms with van der Waals surface area (Å²) in [5.41, 5.74) is 2.72. The number of benzene rings is 1. The number of hydrogen-bond donors (Lipinski definition) is 1. The summed E-state index contributed by atoms with van der Waals surface area (Å²) in [5, 5.41) is 2.81. The first-order valence-electron chi connectivity index (χ1n) is 9.68. The predicted octanol–water partition coefficient (Wildman–Crippen LogP) is 2.29. The molecule has 6 nitrogen and oxygen atoms in total. The van der Waals surface area contributed by atoms with Crippen LogP contribution in [-0.4, -0.2) is 68.8 Å². The molecule has 3 rings (SSSR count). The number of aromatic nitrogens is 1. The zero-order chi connectivity index (χ0) is 19.6. The molecule has 0 aliphatic carbocycles. The summed E-state index contributed by atoms with van der Waals surface area (Å²) in [5.74, 6) is -0.163. The van der Waals surface area contributed by atoms with Gasteiger partial charge in [-0.2, -0.15) is 0 Å². The van der Waals surface area contributed by atoms with Gasteiger partial charge in [0, 0.05) is 58.3 Å². The summed E-state index contributed by atoms with van der Waals surface area (Å²) < 4.78 is 4.96. The molecule has 1 aliphatic heterocycles. The van der Waals surface area contributed by atoms with Crippen LogP contribution in [0, 0.1) is 0 Å². The van der Waals surface area contributed by atoms with Crippen molar-refractivity contribution in [1.82, 2.24) is 15.2 Å². The minimum absolute atomic E-state index is 0.163. The first-order chi connectivity index (χ1) is 13.8. The van der Waals surface area contributed by atoms with Crippen molar-refractivity contribution in [1.29, 1.82) is 0 Å². The molecule has 0 radical (unpaired) electrons. The van der Waals surface area contributed by atoms with E-state index < -0.39 is 0 Å². The van der Waals surface area contributed by atoms with Gasteiger partial charge in [0.05, 0.1) is 6.61 Å². The van der Waals surface area contributed by atoms with Gasteiger partial charge in [0.2, 0.25) is 0 Å². The van der Waals surface area contributed by atoms with Crippen molar-refractivity contribution in [2.24, 2.45) is 0 Å². The number of amides is 1. The van der Waals surface area contributed by atoms with E-state index in [9.17, 15) is 4.79 Å². The Kier molecular flexibility index (Phi) is 7.58. The molecule has 1 N–H and O–H groups in total. The van der Waals surface area contributed by atoms with Gasteiger partial charge in [-0.15, -0.1) is 0 Å². The van der Waals surface area contributed by atoms with Crippen LogP contribution in [0.2, 0.25) is 0 Å². The van der Waals surface area contributed by atoms with Gasteiger partial charge in [-0.25, -0.2) is 0 Å². The maximum Gasteiger partial charge on any atom is 0.270 e. The second-order valence-electron chi connectivity index (χ2n) is 6.75. The van der Waals surface area contributed by atoms with E-state index in [1.165, 1.54) is 5.56 Å². The Morgan fingerprint density at radius 2 is 1.96 bits per heavy atom. The molecule has 2 aromatic rings. The number of carbonyl (C=O) groups excluding carboxylic acids is 1. The average Bonchev–Trinajstić information content (AvgIpc) is 2.75. The number of pyridine rings is 1. The summed E-state index contributed by atoms with van der Waals surface area (Å²) >= 11 is 0. The van der Waals surface area contributed by atoms with Gasteiger partial charge in [0.1, 0.15) is 5.69 Å². The molecule has 2 heterocycles. The first kappa shape index (κ1) is 20.0. The lowest BCUT2D eigenvalue weighted by atomic mass is 10.2. The molecule has 0 bridgehead atoms. The van der Waals surface area contributed by atoms with E-state index in [1.807, 2.05) is 18.2 Å². The van der Waals surface area contributed by atoms with Crippen molar-refractivity contribution in [3.63, 3.8) is 0 Å². The molecule has 1 aromatic carbocycles. The summed E-state index contributed by atoms with van der Waals surface area (Å²) in [4.78, 5) is 21.1. The lowest BCUT2D eigenvalue weighted by Crippen LogP contribution is -2.46. The maximum atomic E-state index is 12.2. The largest absolute Gasteiger partial charge is 0.383 e. The summed E-state index contributed by atoms with van der Waals surface area (Å²) in [7, 11) is 1.61. The van der Waals surface area contributed by atoms with Crippen LogP contribution < -0.4 is 10.2 Å². The highest BCUT2D eigenvalue weighted by Gasteiger charge is 2.17. The monoisotopic (exact) mass is 380 g/mol. The highest BCUT2D eigenvalue weighted by molar-refractivity contribution is 5.93. The van der Waals surface area contributed by atoms with Crippen molar-refractivity contribution in [3.05, 3.63) is 66.0 Å². The first-order valence-corrected chi connectivity index (χ1v) is 9.68. The van der Waals surface area contributed by atoms with Gasteiger partial charge in [0.25, 0.3) is 5.91 Å². The van der Waals surface area contributed by atoms with Crippen molar-refractivity contribution in [2.45, 2.75) is 0 Å². The summed E-state index contributed by atoms with van der Waals surface area (Å²) in [6.45, 7) is 5.80.